The summed E-state index contributed by atoms with van der Waals surface area (Å²) in [4.78, 5) is 11.4. The smallest absolute Gasteiger partial charge is 0.308 e. The third-order valence-electron chi connectivity index (χ3n) is 2.53. The van der Waals surface area contributed by atoms with E-state index in [-0.39, 0.29) is 23.4 Å². The fourth-order valence-corrected chi connectivity index (χ4v) is 0.634. The van der Waals surface area contributed by atoms with Crippen LogP contribution in [-0.4, -0.2) is 12.1 Å². The lowest BCUT2D eigenvalue weighted by molar-refractivity contribution is -0.157. The van der Waals surface area contributed by atoms with Crippen molar-refractivity contribution < 1.29 is 9.53 Å². The average Bonchev–Trinajstić information content (AvgIpc) is 2.01. The molecule has 0 N–H and O–H groups in total. The van der Waals surface area contributed by atoms with Gasteiger partial charge in [0.05, 0.1) is 5.92 Å². The first-order valence-corrected chi connectivity index (χ1v) is 4.99. The zero-order valence-corrected chi connectivity index (χ0v) is 9.68. The normalized spacial score (nSPS) is 16.5. The summed E-state index contributed by atoms with van der Waals surface area (Å²) in [5.41, 5.74) is 0.0309. The van der Waals surface area contributed by atoms with E-state index in [0.717, 1.165) is 6.42 Å². The van der Waals surface area contributed by atoms with E-state index in [2.05, 4.69) is 20.8 Å². The minimum Gasteiger partial charge on any atom is -0.462 e. The van der Waals surface area contributed by atoms with Crippen molar-refractivity contribution in [3.05, 3.63) is 0 Å². The lowest BCUT2D eigenvalue weighted by Gasteiger charge is -2.27. The Hall–Kier alpha value is -0.530. The third-order valence-corrected chi connectivity index (χ3v) is 2.53. The molecule has 2 atom stereocenters. The monoisotopic (exact) mass is 186 g/mol. The molecule has 0 rings (SSSR count). The molecule has 0 aromatic rings. The van der Waals surface area contributed by atoms with Gasteiger partial charge in [0.25, 0.3) is 0 Å². The van der Waals surface area contributed by atoms with Crippen LogP contribution in [0.4, 0.5) is 0 Å². The second-order valence-corrected chi connectivity index (χ2v) is 4.75. The van der Waals surface area contributed by atoms with Gasteiger partial charge in [0.15, 0.2) is 0 Å². The van der Waals surface area contributed by atoms with Crippen molar-refractivity contribution in [1.29, 1.82) is 0 Å². The van der Waals surface area contributed by atoms with Gasteiger partial charge in [-0.2, -0.15) is 0 Å². The zero-order chi connectivity index (χ0) is 10.6. The molecular formula is C11H22O2. The van der Waals surface area contributed by atoms with Crippen molar-refractivity contribution >= 4 is 5.97 Å². The number of rotatable bonds is 3. The molecule has 0 amide bonds. The summed E-state index contributed by atoms with van der Waals surface area (Å²) in [6, 6.07) is 0. The molecule has 0 saturated carbocycles. The summed E-state index contributed by atoms with van der Waals surface area (Å²) >= 11 is 0. The van der Waals surface area contributed by atoms with Gasteiger partial charge in [-0.05, 0) is 18.8 Å². The minimum atomic E-state index is -0.0788. The van der Waals surface area contributed by atoms with E-state index in [1.165, 1.54) is 0 Å². The molecule has 13 heavy (non-hydrogen) atoms. The Balaban J connectivity index is 4.07. The highest BCUT2D eigenvalue weighted by molar-refractivity contribution is 5.72. The average molecular weight is 186 g/mol. The molecule has 0 aromatic carbocycles. The maximum Gasteiger partial charge on any atom is 0.308 e. The van der Waals surface area contributed by atoms with Gasteiger partial charge in [-0.3, -0.25) is 4.79 Å². The highest BCUT2D eigenvalue weighted by atomic mass is 16.5. The first-order valence-electron chi connectivity index (χ1n) is 4.99. The van der Waals surface area contributed by atoms with Crippen molar-refractivity contribution in [2.45, 2.75) is 54.1 Å². The van der Waals surface area contributed by atoms with E-state index in [1.807, 2.05) is 20.8 Å². The molecule has 0 aliphatic heterocycles. The van der Waals surface area contributed by atoms with Crippen LogP contribution in [0.25, 0.3) is 0 Å². The number of hydrogen-bond acceptors (Lipinski definition) is 2. The molecule has 0 aliphatic rings. The molecule has 2 nitrogen and oxygen atoms in total. The van der Waals surface area contributed by atoms with Gasteiger partial charge in [0.1, 0.15) is 6.10 Å². The minimum absolute atomic E-state index is 0.0183. The summed E-state index contributed by atoms with van der Waals surface area (Å²) in [5, 5.41) is 0. The molecule has 0 bridgehead atoms. The van der Waals surface area contributed by atoms with Crippen LogP contribution in [-0.2, 0) is 9.53 Å². The van der Waals surface area contributed by atoms with Crippen LogP contribution < -0.4 is 0 Å². The van der Waals surface area contributed by atoms with Crippen molar-refractivity contribution in [2.24, 2.45) is 11.3 Å². The maximum absolute atomic E-state index is 11.4. The Bertz CT molecular complexity index is 167. The zero-order valence-electron chi connectivity index (χ0n) is 9.68. The Kier molecular flexibility index (Phi) is 4.45. The van der Waals surface area contributed by atoms with Gasteiger partial charge >= 0.3 is 5.97 Å². The Morgan fingerprint density at radius 2 is 1.77 bits per heavy atom. The molecule has 0 aliphatic carbocycles. The van der Waals surface area contributed by atoms with E-state index in [1.54, 1.807) is 0 Å². The first kappa shape index (κ1) is 12.5. The largest absolute Gasteiger partial charge is 0.462 e. The van der Waals surface area contributed by atoms with Crippen LogP contribution in [0.5, 0.6) is 0 Å². The number of esters is 1. The number of hydrogen-bond donors (Lipinski definition) is 0. The topological polar surface area (TPSA) is 26.3 Å². The molecule has 2 unspecified atom stereocenters. The first-order chi connectivity index (χ1) is 5.79. The Morgan fingerprint density at radius 1 is 1.31 bits per heavy atom. The molecule has 0 heterocycles. The van der Waals surface area contributed by atoms with Crippen LogP contribution in [0, 0.1) is 11.3 Å². The van der Waals surface area contributed by atoms with Crippen LogP contribution in [0.1, 0.15) is 48.0 Å². The van der Waals surface area contributed by atoms with Crippen molar-refractivity contribution in [3.63, 3.8) is 0 Å². The predicted octanol–water partition coefficient (Wildman–Crippen LogP) is 3.01. The van der Waals surface area contributed by atoms with Gasteiger partial charge < -0.3 is 4.74 Å². The lowest BCUT2D eigenvalue weighted by Crippen LogP contribution is -2.30. The molecule has 0 aromatic heterocycles. The molecule has 0 saturated heterocycles. The molecule has 0 radical (unpaired) electrons. The van der Waals surface area contributed by atoms with Gasteiger partial charge in [-0.15, -0.1) is 0 Å². The van der Waals surface area contributed by atoms with Gasteiger partial charge in [0.2, 0.25) is 0 Å². The summed E-state index contributed by atoms with van der Waals surface area (Å²) in [5.74, 6) is -0.0604. The number of carbonyl (C=O) groups is 1. The summed E-state index contributed by atoms with van der Waals surface area (Å²) in [6.45, 7) is 12.1. The molecule has 78 valence electrons. The van der Waals surface area contributed by atoms with Crippen LogP contribution in [0.15, 0.2) is 0 Å². The van der Waals surface area contributed by atoms with Crippen molar-refractivity contribution in [2.75, 3.05) is 0 Å². The SMILES string of the molecule is CCC(C)C(=O)OC(C)C(C)(C)C. The Morgan fingerprint density at radius 3 is 2.08 bits per heavy atom. The third kappa shape index (κ3) is 4.30. The predicted molar refractivity (Wildman–Crippen MR) is 54.5 cm³/mol. The van der Waals surface area contributed by atoms with Crippen LogP contribution in [0.2, 0.25) is 0 Å². The molecular weight excluding hydrogens is 164 g/mol. The second-order valence-electron chi connectivity index (χ2n) is 4.75. The number of carbonyl (C=O) groups excluding carboxylic acids is 1. The Labute approximate surface area is 81.7 Å². The van der Waals surface area contributed by atoms with E-state index >= 15 is 0 Å². The van der Waals surface area contributed by atoms with E-state index < -0.39 is 0 Å². The number of ether oxygens (including phenoxy) is 1. The van der Waals surface area contributed by atoms with Crippen LogP contribution in [0.3, 0.4) is 0 Å². The van der Waals surface area contributed by atoms with E-state index in [0.29, 0.717) is 0 Å². The van der Waals surface area contributed by atoms with E-state index in [4.69, 9.17) is 4.74 Å². The fourth-order valence-electron chi connectivity index (χ4n) is 0.634. The van der Waals surface area contributed by atoms with Crippen molar-refractivity contribution in [1.82, 2.24) is 0 Å². The standard InChI is InChI=1S/C11H22O2/c1-7-8(2)10(12)13-9(3)11(4,5)6/h8-9H,7H2,1-6H3. The quantitative estimate of drug-likeness (QED) is 0.633. The summed E-state index contributed by atoms with van der Waals surface area (Å²) < 4.78 is 5.33. The highest BCUT2D eigenvalue weighted by Gasteiger charge is 2.25. The molecule has 2 heteroatoms. The van der Waals surface area contributed by atoms with Gasteiger partial charge in [-0.1, -0.05) is 34.6 Å². The summed E-state index contributed by atoms with van der Waals surface area (Å²) in [7, 11) is 0. The summed E-state index contributed by atoms with van der Waals surface area (Å²) in [6.07, 6.45) is 0.824. The highest BCUT2D eigenvalue weighted by Crippen LogP contribution is 2.22. The molecule has 0 fully saturated rings. The van der Waals surface area contributed by atoms with E-state index in [9.17, 15) is 4.79 Å². The second kappa shape index (κ2) is 4.64. The maximum atomic E-state index is 11.4. The van der Waals surface area contributed by atoms with Gasteiger partial charge in [-0.25, -0.2) is 0 Å². The van der Waals surface area contributed by atoms with Crippen molar-refractivity contribution in [3.8, 4) is 0 Å². The van der Waals surface area contributed by atoms with Crippen LogP contribution >= 0.6 is 0 Å². The fraction of sp³-hybridized carbons (Fsp3) is 0.909. The lowest BCUT2D eigenvalue weighted by atomic mass is 9.90. The molecule has 0 spiro atoms. The van der Waals surface area contributed by atoms with Gasteiger partial charge in [0, 0.05) is 0 Å².